The molecule has 0 aromatic heterocycles. The van der Waals surface area contributed by atoms with Crippen LogP contribution in [-0.2, 0) is 0 Å². The first-order valence-corrected chi connectivity index (χ1v) is 8.00. The van der Waals surface area contributed by atoms with Crippen LogP contribution < -0.4 is 0 Å². The second-order valence-electron chi connectivity index (χ2n) is 5.86. The van der Waals surface area contributed by atoms with Crippen molar-refractivity contribution >= 4 is 23.2 Å². The summed E-state index contributed by atoms with van der Waals surface area (Å²) in [5.41, 5.74) is 2.21. The highest BCUT2D eigenvalue weighted by molar-refractivity contribution is 6.31. The van der Waals surface area contributed by atoms with E-state index in [1.165, 1.54) is 0 Å². The fourth-order valence-electron chi connectivity index (χ4n) is 2.89. The number of nitrogens with zero attached hydrogens (tertiary/aromatic N) is 2. The van der Waals surface area contributed by atoms with Gasteiger partial charge in [-0.05, 0) is 51.5 Å². The number of hydrogen-bond donors (Lipinski definition) is 0. The van der Waals surface area contributed by atoms with E-state index >= 15 is 0 Å². The first-order valence-electron chi connectivity index (χ1n) is 7.25. The first kappa shape index (κ1) is 17.3. The smallest absolute Gasteiger partial charge is 0.0555 e. The minimum absolute atomic E-state index is 0.101. The molecule has 0 aliphatic rings. The van der Waals surface area contributed by atoms with Gasteiger partial charge in [-0.3, -0.25) is 0 Å². The topological polar surface area (TPSA) is 6.48 Å². The molecule has 0 aliphatic heterocycles. The minimum atomic E-state index is 0.101. The molecule has 0 heterocycles. The molecule has 0 N–H and O–H groups in total. The Morgan fingerprint density at radius 2 is 0.955 bits per heavy atom. The molecule has 2 aromatic carbocycles. The van der Waals surface area contributed by atoms with E-state index < -0.39 is 0 Å². The van der Waals surface area contributed by atoms with Crippen molar-refractivity contribution < 1.29 is 0 Å². The van der Waals surface area contributed by atoms with E-state index in [1.54, 1.807) is 0 Å². The third-order valence-electron chi connectivity index (χ3n) is 3.86. The molecule has 0 saturated carbocycles. The molecular formula is C18H22Cl2N2. The second kappa shape index (κ2) is 7.47. The maximum atomic E-state index is 6.46. The molecule has 2 atom stereocenters. The van der Waals surface area contributed by atoms with E-state index in [0.717, 1.165) is 21.2 Å². The average Bonchev–Trinajstić information content (AvgIpc) is 2.46. The second-order valence-corrected chi connectivity index (χ2v) is 6.67. The lowest BCUT2D eigenvalue weighted by Crippen LogP contribution is -2.34. The van der Waals surface area contributed by atoms with Crippen LogP contribution in [0.25, 0.3) is 0 Å². The largest absolute Gasteiger partial charge is 0.301 e. The molecule has 0 aliphatic carbocycles. The van der Waals surface area contributed by atoms with Gasteiger partial charge in [-0.1, -0.05) is 59.6 Å². The maximum absolute atomic E-state index is 6.46. The van der Waals surface area contributed by atoms with Gasteiger partial charge in [0.15, 0.2) is 0 Å². The monoisotopic (exact) mass is 336 g/mol. The van der Waals surface area contributed by atoms with Crippen molar-refractivity contribution in [2.45, 2.75) is 12.1 Å². The molecule has 0 radical (unpaired) electrons. The summed E-state index contributed by atoms with van der Waals surface area (Å²) in [6, 6.07) is 16.2. The highest BCUT2D eigenvalue weighted by atomic mass is 35.5. The van der Waals surface area contributed by atoms with Crippen LogP contribution in [0.1, 0.15) is 23.2 Å². The fourth-order valence-corrected chi connectivity index (χ4v) is 3.39. The van der Waals surface area contributed by atoms with Gasteiger partial charge < -0.3 is 9.80 Å². The van der Waals surface area contributed by atoms with E-state index in [9.17, 15) is 0 Å². The van der Waals surface area contributed by atoms with Crippen LogP contribution in [0.4, 0.5) is 0 Å². The van der Waals surface area contributed by atoms with Crippen molar-refractivity contribution in [3.05, 3.63) is 69.7 Å². The third-order valence-corrected chi connectivity index (χ3v) is 4.55. The van der Waals surface area contributed by atoms with Crippen LogP contribution in [-0.4, -0.2) is 38.0 Å². The summed E-state index contributed by atoms with van der Waals surface area (Å²) in [6.45, 7) is 0. The van der Waals surface area contributed by atoms with Crippen LogP contribution in [0.3, 0.4) is 0 Å². The SMILES string of the molecule is CN(C)[C@@H](c1ccccc1Cl)[C@H](c1ccccc1Cl)N(C)C. The molecule has 22 heavy (non-hydrogen) atoms. The van der Waals surface area contributed by atoms with E-state index in [4.69, 9.17) is 23.2 Å². The number of halogens is 2. The molecule has 4 heteroatoms. The van der Waals surface area contributed by atoms with Crippen molar-refractivity contribution in [1.82, 2.24) is 9.80 Å². The van der Waals surface area contributed by atoms with Crippen molar-refractivity contribution in [1.29, 1.82) is 0 Å². The Kier molecular flexibility index (Phi) is 5.87. The lowest BCUT2D eigenvalue weighted by Gasteiger charge is -2.38. The number of likely N-dealkylation sites (N-methyl/N-ethyl adjacent to an activating group) is 2. The molecule has 2 aromatic rings. The summed E-state index contributed by atoms with van der Waals surface area (Å²) in [5, 5.41) is 1.56. The first-order chi connectivity index (χ1) is 10.4. The molecule has 0 bridgehead atoms. The van der Waals surface area contributed by atoms with Gasteiger partial charge in [-0.15, -0.1) is 0 Å². The summed E-state index contributed by atoms with van der Waals surface area (Å²) in [4.78, 5) is 4.38. The highest BCUT2D eigenvalue weighted by Gasteiger charge is 2.31. The standard InChI is InChI=1S/C18H22Cl2N2/c1-21(2)17(13-9-5-7-11-15(13)19)18(22(3)4)14-10-6-8-12-16(14)20/h5-12,17-18H,1-4H3/t17-,18-/m0/s1. The normalized spacial score (nSPS) is 14.4. The lowest BCUT2D eigenvalue weighted by atomic mass is 9.91. The van der Waals surface area contributed by atoms with Crippen LogP contribution in [0.15, 0.2) is 48.5 Å². The number of hydrogen-bond acceptors (Lipinski definition) is 2. The molecule has 0 unspecified atom stereocenters. The van der Waals surface area contributed by atoms with Crippen molar-refractivity contribution in [2.24, 2.45) is 0 Å². The zero-order valence-electron chi connectivity index (χ0n) is 13.4. The summed E-state index contributed by atoms with van der Waals surface area (Å²) in [6.07, 6.45) is 0. The predicted octanol–water partition coefficient (Wildman–Crippen LogP) is 4.90. The van der Waals surface area contributed by atoms with Gasteiger partial charge in [0, 0.05) is 10.0 Å². The van der Waals surface area contributed by atoms with Gasteiger partial charge in [0.2, 0.25) is 0 Å². The molecule has 0 saturated heterocycles. The minimum Gasteiger partial charge on any atom is -0.301 e. The fraction of sp³-hybridized carbons (Fsp3) is 0.333. The Morgan fingerprint density at radius 1 is 0.636 bits per heavy atom. The van der Waals surface area contributed by atoms with Gasteiger partial charge in [0.25, 0.3) is 0 Å². The molecule has 2 nitrogen and oxygen atoms in total. The molecule has 0 spiro atoms. The van der Waals surface area contributed by atoms with Gasteiger partial charge >= 0.3 is 0 Å². The maximum Gasteiger partial charge on any atom is 0.0555 e. The zero-order chi connectivity index (χ0) is 16.3. The average molecular weight is 337 g/mol. The van der Waals surface area contributed by atoms with Crippen molar-refractivity contribution in [2.75, 3.05) is 28.2 Å². The highest BCUT2D eigenvalue weighted by Crippen LogP contribution is 2.41. The van der Waals surface area contributed by atoms with E-state index in [0.29, 0.717) is 0 Å². The summed E-state index contributed by atoms with van der Waals surface area (Å²) in [7, 11) is 8.28. The molecule has 0 amide bonds. The van der Waals surface area contributed by atoms with Crippen molar-refractivity contribution in [3.8, 4) is 0 Å². The van der Waals surface area contributed by atoms with E-state index in [-0.39, 0.29) is 12.1 Å². The number of benzene rings is 2. The Hall–Kier alpha value is -1.06. The van der Waals surface area contributed by atoms with Gasteiger partial charge in [-0.25, -0.2) is 0 Å². The van der Waals surface area contributed by atoms with Crippen LogP contribution in [0.2, 0.25) is 10.0 Å². The predicted molar refractivity (Wildman–Crippen MR) is 95.8 cm³/mol. The zero-order valence-corrected chi connectivity index (χ0v) is 14.9. The summed E-state index contributed by atoms with van der Waals surface area (Å²) in [5.74, 6) is 0. The molecular weight excluding hydrogens is 315 g/mol. The Bertz CT molecular complexity index is 570. The quantitative estimate of drug-likeness (QED) is 0.766. The Balaban J connectivity index is 2.57. The van der Waals surface area contributed by atoms with Gasteiger partial charge in [0.1, 0.15) is 0 Å². The summed E-state index contributed by atoms with van der Waals surface area (Å²) >= 11 is 12.9. The van der Waals surface area contributed by atoms with Crippen molar-refractivity contribution in [3.63, 3.8) is 0 Å². The molecule has 0 fully saturated rings. The molecule has 2 rings (SSSR count). The summed E-state index contributed by atoms with van der Waals surface area (Å²) < 4.78 is 0. The van der Waals surface area contributed by atoms with Crippen LogP contribution >= 0.6 is 23.2 Å². The van der Waals surface area contributed by atoms with E-state index in [1.807, 2.05) is 36.4 Å². The number of rotatable bonds is 5. The molecule has 118 valence electrons. The lowest BCUT2D eigenvalue weighted by molar-refractivity contribution is 0.152. The van der Waals surface area contributed by atoms with Gasteiger partial charge in [0.05, 0.1) is 12.1 Å². The van der Waals surface area contributed by atoms with Crippen LogP contribution in [0.5, 0.6) is 0 Å². The Labute approximate surface area is 143 Å². The van der Waals surface area contributed by atoms with E-state index in [2.05, 4.69) is 50.1 Å². The third kappa shape index (κ3) is 3.64. The van der Waals surface area contributed by atoms with Gasteiger partial charge in [-0.2, -0.15) is 0 Å². The van der Waals surface area contributed by atoms with Crippen LogP contribution in [0, 0.1) is 0 Å². The Morgan fingerprint density at radius 3 is 1.23 bits per heavy atom.